The van der Waals surface area contributed by atoms with Crippen LogP contribution >= 0.6 is 11.6 Å². The van der Waals surface area contributed by atoms with Crippen molar-refractivity contribution in [1.29, 1.82) is 0 Å². The third-order valence-electron chi connectivity index (χ3n) is 14.9. The zero-order valence-corrected chi connectivity index (χ0v) is 39.6. The summed E-state index contributed by atoms with van der Waals surface area (Å²) in [5.74, 6) is -1.12. The van der Waals surface area contributed by atoms with Crippen molar-refractivity contribution >= 4 is 75.2 Å². The first kappa shape index (κ1) is 45.7. The molecule has 4 aromatic rings. The van der Waals surface area contributed by atoms with Gasteiger partial charge in [-0.3, -0.25) is 43.9 Å². The number of nitrogens with one attached hydrogen (secondary N) is 3. The van der Waals surface area contributed by atoms with Gasteiger partial charge in [-0.15, -0.1) is 0 Å². The number of likely N-dealkylation sites (tertiary alicyclic amines) is 1. The molecule has 18 nitrogen and oxygen atoms in total. The molecular formula is C49H57ClN10O8. The van der Waals surface area contributed by atoms with Gasteiger partial charge in [-0.25, -0.2) is 4.98 Å². The number of fused-ring (bicyclic) bond motifs is 2. The van der Waals surface area contributed by atoms with Crippen LogP contribution in [-0.4, -0.2) is 131 Å². The molecule has 19 heteroatoms. The first-order valence-corrected chi connectivity index (χ1v) is 24.1. The van der Waals surface area contributed by atoms with E-state index in [0.29, 0.717) is 39.6 Å². The van der Waals surface area contributed by atoms with Crippen LogP contribution in [0.1, 0.15) is 97.5 Å². The molecule has 358 valence electrons. The fourth-order valence-corrected chi connectivity index (χ4v) is 11.2. The number of aromatic nitrogens is 3. The van der Waals surface area contributed by atoms with Gasteiger partial charge in [0.1, 0.15) is 11.1 Å². The van der Waals surface area contributed by atoms with Gasteiger partial charge in [0.2, 0.25) is 17.8 Å². The smallest absolute Gasteiger partial charge is 0.293 e. The number of hydrogen-bond acceptors (Lipinski definition) is 14. The second-order valence-corrected chi connectivity index (χ2v) is 20.0. The van der Waals surface area contributed by atoms with Crippen LogP contribution in [0.3, 0.4) is 0 Å². The Hall–Kier alpha value is -6.11. The fraction of sp³-hybridized carbons (Fsp3) is 0.510. The molecule has 4 saturated heterocycles. The zero-order chi connectivity index (χ0) is 47.6. The van der Waals surface area contributed by atoms with E-state index >= 15 is 0 Å². The van der Waals surface area contributed by atoms with Gasteiger partial charge in [0, 0.05) is 81.6 Å². The molecule has 3 N–H and O–H groups in total. The molecule has 6 aliphatic rings. The second-order valence-electron chi connectivity index (χ2n) is 19.5. The van der Waals surface area contributed by atoms with Gasteiger partial charge in [0.05, 0.1) is 35.0 Å². The maximum absolute atomic E-state index is 13.6. The number of ether oxygens (including phenoxy) is 2. The lowest BCUT2D eigenvalue weighted by atomic mass is 9.69. The molecule has 10 rings (SSSR count). The van der Waals surface area contributed by atoms with Crippen molar-refractivity contribution in [3.63, 3.8) is 0 Å². The summed E-state index contributed by atoms with van der Waals surface area (Å²) in [6, 6.07) is 10.4. The van der Waals surface area contributed by atoms with Crippen molar-refractivity contribution < 1.29 is 33.4 Å². The highest BCUT2D eigenvalue weighted by Gasteiger charge is 2.51. The van der Waals surface area contributed by atoms with E-state index in [2.05, 4.69) is 35.6 Å². The van der Waals surface area contributed by atoms with Gasteiger partial charge in [-0.05, 0) is 113 Å². The highest BCUT2D eigenvalue weighted by Crippen LogP contribution is 2.46. The second kappa shape index (κ2) is 18.1. The number of piperidine rings is 3. The number of benzene rings is 2. The van der Waals surface area contributed by atoms with Crippen molar-refractivity contribution in [2.75, 3.05) is 68.0 Å². The number of pyridine rings is 1. The van der Waals surface area contributed by atoms with Gasteiger partial charge in [0.15, 0.2) is 18.2 Å². The molecule has 1 unspecified atom stereocenters. The van der Waals surface area contributed by atoms with Crippen LogP contribution in [0.5, 0.6) is 5.75 Å². The summed E-state index contributed by atoms with van der Waals surface area (Å²) in [5.41, 5.74) is 3.83. The monoisotopic (exact) mass is 948 g/mol. The van der Waals surface area contributed by atoms with Gasteiger partial charge < -0.3 is 34.5 Å². The van der Waals surface area contributed by atoms with Crippen LogP contribution < -0.4 is 36.0 Å². The summed E-state index contributed by atoms with van der Waals surface area (Å²) < 4.78 is 13.9. The van der Waals surface area contributed by atoms with Crippen LogP contribution in [-0.2, 0) is 19.1 Å². The van der Waals surface area contributed by atoms with Gasteiger partial charge in [-0.2, -0.15) is 4.98 Å². The van der Waals surface area contributed by atoms with Gasteiger partial charge >= 0.3 is 0 Å². The van der Waals surface area contributed by atoms with Crippen molar-refractivity contribution in [2.24, 2.45) is 5.41 Å². The topological polar surface area (TPSA) is 201 Å². The number of halogens is 1. The Morgan fingerprint density at radius 3 is 2.40 bits per heavy atom. The zero-order valence-electron chi connectivity index (χ0n) is 38.8. The van der Waals surface area contributed by atoms with Gasteiger partial charge in [0.25, 0.3) is 23.3 Å². The Bertz CT molecular complexity index is 2770. The number of likely N-dealkylation sites (N-methyl/N-ethyl adjacent to an activating group) is 1. The maximum Gasteiger partial charge on any atom is 0.293 e. The lowest BCUT2D eigenvalue weighted by Crippen LogP contribution is -2.66. The number of imide groups is 2. The first-order valence-electron chi connectivity index (χ1n) is 23.8. The van der Waals surface area contributed by atoms with Crippen molar-refractivity contribution in [3.05, 3.63) is 74.7 Å². The number of carbonyl (C=O) groups excluding carboxylic acids is 5. The van der Waals surface area contributed by atoms with Crippen LogP contribution in [0.4, 0.5) is 23.1 Å². The molecule has 5 aliphatic heterocycles. The highest BCUT2D eigenvalue weighted by atomic mass is 35.5. The van der Waals surface area contributed by atoms with E-state index in [-0.39, 0.29) is 66.2 Å². The molecule has 0 bridgehead atoms. The highest BCUT2D eigenvalue weighted by molar-refractivity contribution is 6.33. The summed E-state index contributed by atoms with van der Waals surface area (Å²) in [6.45, 7) is 10.9. The van der Waals surface area contributed by atoms with E-state index in [9.17, 15) is 28.8 Å². The third kappa shape index (κ3) is 8.44. The molecule has 1 saturated carbocycles. The minimum Gasteiger partial charge on any atom is -0.478 e. The molecule has 5 amide bonds. The quantitative estimate of drug-likeness (QED) is 0.165. The van der Waals surface area contributed by atoms with Crippen LogP contribution in [0, 0.1) is 12.3 Å². The Labute approximate surface area is 398 Å². The summed E-state index contributed by atoms with van der Waals surface area (Å²) >= 11 is 6.61. The molecule has 2 aromatic carbocycles. The number of amides is 5. The van der Waals surface area contributed by atoms with E-state index in [1.165, 1.54) is 7.05 Å². The summed E-state index contributed by atoms with van der Waals surface area (Å²) in [4.78, 5) is 93.9. The Morgan fingerprint density at radius 2 is 1.69 bits per heavy atom. The molecule has 0 radical (unpaired) electrons. The molecule has 7 heterocycles. The van der Waals surface area contributed by atoms with Crippen LogP contribution in [0.25, 0.3) is 10.9 Å². The first-order chi connectivity index (χ1) is 32.7. The number of rotatable bonds is 12. The average molecular weight is 950 g/mol. The lowest BCUT2D eigenvalue weighted by molar-refractivity contribution is -0.136. The van der Waals surface area contributed by atoms with E-state index in [1.54, 1.807) is 22.9 Å². The Balaban J connectivity index is 0.681. The lowest BCUT2D eigenvalue weighted by Gasteiger charge is -2.59. The minimum atomic E-state index is -0.978. The van der Waals surface area contributed by atoms with Crippen molar-refractivity contribution in [2.45, 2.75) is 102 Å². The van der Waals surface area contributed by atoms with Crippen molar-refractivity contribution in [3.8, 4) is 5.75 Å². The van der Waals surface area contributed by atoms with Crippen molar-refractivity contribution in [1.82, 2.24) is 35.0 Å². The average Bonchev–Trinajstić information content (AvgIpc) is 3.55. The standard InChI is InChI=1S/C49H57ClN10O8/c1-27(2)59-37-7-5-30(19-29(37)20-39(46(59)65)67-24-41(62)51-4)53-43-35(50)23-52-48(55-43)57-15-11-32(12-16-57)68-33-21-31(22-33)58-25-49(26-58)13-17-56(18-14-49)36-8-6-34-42(28(36)3)47(66)60(45(34)64)38-9-10-40(61)54-44(38)63/h5-8,19-20,23,27,31-33,38H,9-18,21-22,24-26H2,1-4H3,(H,51,62)(H,52,53,55)(H,54,61,63). The molecule has 1 atom stereocenters. The van der Waals surface area contributed by atoms with E-state index in [0.717, 1.165) is 105 Å². The van der Waals surface area contributed by atoms with E-state index in [1.807, 2.05) is 45.0 Å². The SMILES string of the molecule is CNC(=O)COc1cc2cc(Nc3nc(N4CCC(OC5CC(N6CC7(CCN(c8ccc9c(c8C)C(=O)N(C8CCC(=O)NC8=O)C9=O)CC7)C6)C5)CC4)ncc3Cl)ccc2n(C(C)C)c1=O. The van der Waals surface area contributed by atoms with Crippen LogP contribution in [0.2, 0.25) is 5.02 Å². The predicted molar refractivity (Wildman–Crippen MR) is 255 cm³/mol. The largest absolute Gasteiger partial charge is 0.478 e. The maximum atomic E-state index is 13.6. The van der Waals surface area contributed by atoms with Crippen LogP contribution in [0.15, 0.2) is 47.4 Å². The molecule has 1 aliphatic carbocycles. The number of nitrogens with zero attached hydrogens (tertiary/aromatic N) is 7. The number of hydrogen-bond donors (Lipinski definition) is 3. The molecule has 1 spiro atoms. The number of anilines is 4. The summed E-state index contributed by atoms with van der Waals surface area (Å²) in [5, 5.41) is 9.24. The fourth-order valence-electron chi connectivity index (χ4n) is 11.0. The number of carbonyl (C=O) groups is 5. The summed E-state index contributed by atoms with van der Waals surface area (Å²) in [7, 11) is 1.51. The predicted octanol–water partition coefficient (Wildman–Crippen LogP) is 4.72. The van der Waals surface area contributed by atoms with E-state index in [4.69, 9.17) is 26.1 Å². The third-order valence-corrected chi connectivity index (χ3v) is 15.2. The van der Waals surface area contributed by atoms with Gasteiger partial charge in [-0.1, -0.05) is 11.6 Å². The Kier molecular flexibility index (Phi) is 12.1. The molecule has 2 aromatic heterocycles. The summed E-state index contributed by atoms with van der Waals surface area (Å²) in [6.07, 6.45) is 8.22. The minimum absolute atomic E-state index is 0.0912. The van der Waals surface area contributed by atoms with E-state index < -0.39 is 23.8 Å². The Morgan fingerprint density at radius 1 is 0.941 bits per heavy atom. The molecule has 5 fully saturated rings. The molecule has 68 heavy (non-hydrogen) atoms. The molecular weight excluding hydrogens is 892 g/mol. The normalized spacial score (nSPS) is 22.9.